The lowest BCUT2D eigenvalue weighted by atomic mass is 10.0. The van der Waals surface area contributed by atoms with Crippen LogP contribution in [0.1, 0.15) is 17.3 Å². The number of benzene rings is 1. The minimum atomic E-state index is 0.0336. The first-order chi connectivity index (χ1) is 7.79. The smallest absolute Gasteiger partial charge is 0.219 e. The first-order valence-corrected chi connectivity index (χ1v) is 5.80. The summed E-state index contributed by atoms with van der Waals surface area (Å²) in [7, 11) is 0. The van der Waals surface area contributed by atoms with Gasteiger partial charge in [-0.1, -0.05) is 30.3 Å². The summed E-state index contributed by atoms with van der Waals surface area (Å²) in [5.74, 6) is 0.234. The lowest BCUT2D eigenvalue weighted by Gasteiger charge is -2.28. The summed E-state index contributed by atoms with van der Waals surface area (Å²) in [4.78, 5) is 13.5. The molecule has 1 saturated heterocycles. The van der Waals surface area contributed by atoms with Crippen molar-refractivity contribution in [2.75, 3.05) is 26.3 Å². The van der Waals surface area contributed by atoms with Crippen LogP contribution >= 0.6 is 0 Å². The highest BCUT2D eigenvalue weighted by molar-refractivity contribution is 5.98. The number of ketones is 1. The maximum atomic E-state index is 12.2. The SMILES string of the molecule is C[C@H](C(=O)c1ccccc1)[NH+]1CCOCC1. The summed E-state index contributed by atoms with van der Waals surface area (Å²) < 4.78 is 5.30. The van der Waals surface area contributed by atoms with E-state index in [9.17, 15) is 4.79 Å². The largest absolute Gasteiger partial charge is 0.370 e. The van der Waals surface area contributed by atoms with Crippen LogP contribution < -0.4 is 4.90 Å². The number of hydrogen-bond acceptors (Lipinski definition) is 2. The van der Waals surface area contributed by atoms with Crippen LogP contribution in [-0.4, -0.2) is 38.1 Å². The third kappa shape index (κ3) is 2.49. The summed E-state index contributed by atoms with van der Waals surface area (Å²) in [5, 5.41) is 0. The van der Waals surface area contributed by atoms with Gasteiger partial charge in [-0.15, -0.1) is 0 Å². The second kappa shape index (κ2) is 5.23. The molecule has 2 rings (SSSR count). The molecule has 0 spiro atoms. The van der Waals surface area contributed by atoms with Crippen molar-refractivity contribution >= 4 is 5.78 Å². The molecule has 16 heavy (non-hydrogen) atoms. The average Bonchev–Trinajstić information content (AvgIpc) is 2.39. The number of morpholine rings is 1. The van der Waals surface area contributed by atoms with Gasteiger partial charge in [0.25, 0.3) is 0 Å². The standard InChI is InChI=1S/C13H17NO2/c1-11(14-7-9-16-10-8-14)13(15)12-5-3-2-4-6-12/h2-6,11H,7-10H2,1H3/p+1/t11-/m1/s1. The van der Waals surface area contributed by atoms with E-state index in [0.29, 0.717) is 0 Å². The molecule has 86 valence electrons. The zero-order chi connectivity index (χ0) is 11.4. The molecule has 0 bridgehead atoms. The fraction of sp³-hybridized carbons (Fsp3) is 0.462. The van der Waals surface area contributed by atoms with E-state index in [2.05, 4.69) is 0 Å². The minimum absolute atomic E-state index is 0.0336. The number of hydrogen-bond donors (Lipinski definition) is 1. The molecule has 0 saturated carbocycles. The molecule has 0 unspecified atom stereocenters. The van der Waals surface area contributed by atoms with Crippen LogP contribution in [0.25, 0.3) is 0 Å². The molecule has 1 aromatic rings. The maximum Gasteiger partial charge on any atom is 0.219 e. The van der Waals surface area contributed by atoms with Crippen molar-refractivity contribution < 1.29 is 14.4 Å². The summed E-state index contributed by atoms with van der Waals surface area (Å²) in [5.41, 5.74) is 0.814. The van der Waals surface area contributed by atoms with Crippen molar-refractivity contribution in [1.29, 1.82) is 0 Å². The van der Waals surface area contributed by atoms with Crippen molar-refractivity contribution in [2.45, 2.75) is 13.0 Å². The predicted octanol–water partition coefficient (Wildman–Crippen LogP) is 0.173. The van der Waals surface area contributed by atoms with E-state index in [1.807, 2.05) is 37.3 Å². The predicted molar refractivity (Wildman–Crippen MR) is 61.8 cm³/mol. The van der Waals surface area contributed by atoms with E-state index in [1.165, 1.54) is 4.90 Å². The molecular formula is C13H18NO2+. The van der Waals surface area contributed by atoms with Crippen LogP contribution in [0.15, 0.2) is 30.3 Å². The summed E-state index contributed by atoms with van der Waals surface area (Å²) in [6.07, 6.45) is 0. The minimum Gasteiger partial charge on any atom is -0.370 e. The van der Waals surface area contributed by atoms with E-state index in [-0.39, 0.29) is 11.8 Å². The van der Waals surface area contributed by atoms with E-state index >= 15 is 0 Å². The Bertz CT molecular complexity index is 344. The molecule has 1 fully saturated rings. The second-order valence-corrected chi connectivity index (χ2v) is 4.22. The Morgan fingerprint density at radius 1 is 1.25 bits per heavy atom. The molecule has 1 atom stereocenters. The monoisotopic (exact) mass is 220 g/mol. The van der Waals surface area contributed by atoms with Crippen LogP contribution in [0.2, 0.25) is 0 Å². The van der Waals surface area contributed by atoms with Crippen LogP contribution in [-0.2, 0) is 4.74 Å². The van der Waals surface area contributed by atoms with Crippen molar-refractivity contribution in [1.82, 2.24) is 0 Å². The topological polar surface area (TPSA) is 30.7 Å². The van der Waals surface area contributed by atoms with Gasteiger partial charge in [0.2, 0.25) is 5.78 Å². The lowest BCUT2D eigenvalue weighted by Crippen LogP contribution is -3.18. The van der Waals surface area contributed by atoms with Crippen LogP contribution in [0.3, 0.4) is 0 Å². The van der Waals surface area contributed by atoms with Crippen molar-refractivity contribution in [3.8, 4) is 0 Å². The molecule has 0 radical (unpaired) electrons. The number of quaternary nitrogens is 1. The summed E-state index contributed by atoms with van der Waals surface area (Å²) in [6.45, 7) is 5.40. The highest BCUT2D eigenvalue weighted by Crippen LogP contribution is 2.01. The number of carbonyl (C=O) groups is 1. The van der Waals surface area contributed by atoms with Gasteiger partial charge in [0, 0.05) is 5.56 Å². The molecule has 3 heteroatoms. The second-order valence-electron chi connectivity index (χ2n) is 4.22. The normalized spacial score (nSPS) is 19.3. The lowest BCUT2D eigenvalue weighted by molar-refractivity contribution is -0.921. The van der Waals surface area contributed by atoms with Gasteiger partial charge in [0.1, 0.15) is 19.1 Å². The van der Waals surface area contributed by atoms with Gasteiger partial charge >= 0.3 is 0 Å². The van der Waals surface area contributed by atoms with E-state index in [4.69, 9.17) is 4.74 Å². The van der Waals surface area contributed by atoms with Crippen molar-refractivity contribution in [3.05, 3.63) is 35.9 Å². The molecule has 1 N–H and O–H groups in total. The van der Waals surface area contributed by atoms with Crippen molar-refractivity contribution in [3.63, 3.8) is 0 Å². The van der Waals surface area contributed by atoms with Crippen LogP contribution in [0.4, 0.5) is 0 Å². The Morgan fingerprint density at radius 2 is 1.88 bits per heavy atom. The van der Waals surface area contributed by atoms with Crippen molar-refractivity contribution in [2.24, 2.45) is 0 Å². The fourth-order valence-corrected chi connectivity index (χ4v) is 2.10. The first-order valence-electron chi connectivity index (χ1n) is 5.80. The summed E-state index contributed by atoms with van der Waals surface area (Å²) >= 11 is 0. The third-order valence-corrected chi connectivity index (χ3v) is 3.20. The van der Waals surface area contributed by atoms with Gasteiger partial charge in [-0.3, -0.25) is 4.79 Å². The fourth-order valence-electron chi connectivity index (χ4n) is 2.10. The van der Waals surface area contributed by atoms with Crippen LogP contribution in [0.5, 0.6) is 0 Å². The molecule has 1 aromatic carbocycles. The zero-order valence-electron chi connectivity index (χ0n) is 9.61. The van der Waals surface area contributed by atoms with Gasteiger partial charge in [0.15, 0.2) is 0 Å². The van der Waals surface area contributed by atoms with Gasteiger partial charge in [0.05, 0.1) is 13.2 Å². The number of nitrogens with one attached hydrogen (secondary N) is 1. The molecule has 0 aromatic heterocycles. The van der Waals surface area contributed by atoms with E-state index in [1.54, 1.807) is 0 Å². The van der Waals surface area contributed by atoms with Gasteiger partial charge in [-0.25, -0.2) is 0 Å². The Labute approximate surface area is 96.0 Å². The molecule has 1 heterocycles. The van der Waals surface area contributed by atoms with Gasteiger partial charge in [-0.2, -0.15) is 0 Å². The van der Waals surface area contributed by atoms with Crippen LogP contribution in [0, 0.1) is 0 Å². The molecular weight excluding hydrogens is 202 g/mol. The Hall–Kier alpha value is -1.19. The molecule has 1 aliphatic heterocycles. The third-order valence-electron chi connectivity index (χ3n) is 3.20. The number of carbonyl (C=O) groups excluding carboxylic acids is 1. The quantitative estimate of drug-likeness (QED) is 0.736. The molecule has 0 aliphatic carbocycles. The molecule has 3 nitrogen and oxygen atoms in total. The highest BCUT2D eigenvalue weighted by atomic mass is 16.5. The van der Waals surface area contributed by atoms with E-state index in [0.717, 1.165) is 31.9 Å². The number of rotatable bonds is 3. The zero-order valence-corrected chi connectivity index (χ0v) is 9.61. The molecule has 1 aliphatic rings. The molecule has 0 amide bonds. The average molecular weight is 220 g/mol. The van der Waals surface area contributed by atoms with E-state index < -0.39 is 0 Å². The summed E-state index contributed by atoms with van der Waals surface area (Å²) in [6, 6.07) is 9.57. The Balaban J connectivity index is 2.04. The van der Waals surface area contributed by atoms with Gasteiger partial charge < -0.3 is 9.64 Å². The Morgan fingerprint density at radius 3 is 2.50 bits per heavy atom. The first kappa shape index (κ1) is 11.3. The highest BCUT2D eigenvalue weighted by Gasteiger charge is 2.27. The number of ether oxygens (including phenoxy) is 1. The van der Waals surface area contributed by atoms with Gasteiger partial charge in [-0.05, 0) is 6.92 Å². The maximum absolute atomic E-state index is 12.2. The Kier molecular flexibility index (Phi) is 3.70. The number of Topliss-reactive ketones (excluding diaryl/α,β-unsaturated/α-hetero) is 1.